The van der Waals surface area contributed by atoms with Crippen LogP contribution in [0.3, 0.4) is 0 Å². The van der Waals surface area contributed by atoms with E-state index in [-0.39, 0.29) is 0 Å². The standard InChI is InChI=1S/C34H62S4/c1-5-9-13-17-21-25-35-31-29-32(36-26-22-18-14-10-6-2)34(38-28-24-20-16-12-8-4)33(30-31)37-27-23-19-15-11-7-3/h29-30H,5-28H2,1-4H3. The summed E-state index contributed by atoms with van der Waals surface area (Å²) in [6.45, 7) is 9.26. The normalized spacial score (nSPS) is 11.5. The molecule has 4 heteroatoms. The molecule has 1 rings (SSSR count). The van der Waals surface area contributed by atoms with Crippen LogP contribution in [0.15, 0.2) is 31.7 Å². The Morgan fingerprint density at radius 3 is 1.05 bits per heavy atom. The molecule has 0 unspecified atom stereocenters. The second kappa shape index (κ2) is 27.8. The summed E-state index contributed by atoms with van der Waals surface area (Å²) in [5.74, 6) is 5.11. The molecule has 0 amide bonds. The van der Waals surface area contributed by atoms with Crippen LogP contribution in [0, 0.1) is 0 Å². The van der Waals surface area contributed by atoms with E-state index in [2.05, 4.69) is 86.9 Å². The smallest absolute Gasteiger partial charge is 0.0345 e. The molecule has 0 saturated heterocycles. The van der Waals surface area contributed by atoms with E-state index in [0.717, 1.165) is 0 Å². The highest BCUT2D eigenvalue weighted by molar-refractivity contribution is 8.04. The van der Waals surface area contributed by atoms with Gasteiger partial charge in [-0.25, -0.2) is 0 Å². The monoisotopic (exact) mass is 598 g/mol. The molecule has 222 valence electrons. The van der Waals surface area contributed by atoms with Crippen LogP contribution in [0.2, 0.25) is 0 Å². The predicted octanol–water partition coefficient (Wildman–Crippen LogP) is 13.9. The summed E-state index contributed by atoms with van der Waals surface area (Å²) in [5.41, 5.74) is 0. The maximum Gasteiger partial charge on any atom is 0.0345 e. The maximum atomic E-state index is 2.57. The number of unbranched alkanes of at least 4 members (excludes halogenated alkanes) is 16. The minimum Gasteiger partial charge on any atom is -0.126 e. The van der Waals surface area contributed by atoms with Gasteiger partial charge in [0.25, 0.3) is 0 Å². The SMILES string of the molecule is CCCCCCCSc1cc(SCCCCCCC)c(SCCCCCCC)c(SCCCCCCC)c1. The number of benzene rings is 1. The van der Waals surface area contributed by atoms with Crippen LogP contribution in [-0.2, 0) is 0 Å². The molecule has 0 heterocycles. The van der Waals surface area contributed by atoms with Gasteiger partial charge in [-0.3, -0.25) is 0 Å². The lowest BCUT2D eigenvalue weighted by molar-refractivity contribution is 0.658. The summed E-state index contributed by atoms with van der Waals surface area (Å²) in [5, 5.41) is 0. The van der Waals surface area contributed by atoms with Crippen molar-refractivity contribution in [3.05, 3.63) is 12.1 Å². The summed E-state index contributed by atoms with van der Waals surface area (Å²) in [4.78, 5) is 6.31. The largest absolute Gasteiger partial charge is 0.126 e. The fraction of sp³-hybridized carbons (Fsp3) is 0.824. The third-order valence-corrected chi connectivity index (χ3v) is 11.8. The van der Waals surface area contributed by atoms with Gasteiger partial charge in [-0.2, -0.15) is 0 Å². The Hall–Kier alpha value is 0.620. The first-order chi connectivity index (χ1) is 18.8. The van der Waals surface area contributed by atoms with E-state index >= 15 is 0 Å². The van der Waals surface area contributed by atoms with Gasteiger partial charge in [0.2, 0.25) is 0 Å². The second-order valence-corrected chi connectivity index (χ2v) is 15.3. The molecule has 0 bridgehead atoms. The zero-order valence-corrected chi connectivity index (χ0v) is 29.0. The molecule has 0 N–H and O–H groups in total. The van der Waals surface area contributed by atoms with E-state index in [4.69, 9.17) is 0 Å². The van der Waals surface area contributed by atoms with E-state index in [1.807, 2.05) is 0 Å². The van der Waals surface area contributed by atoms with Gasteiger partial charge in [0, 0.05) is 19.6 Å². The van der Waals surface area contributed by atoms with Crippen molar-refractivity contribution in [3.8, 4) is 0 Å². The average molecular weight is 599 g/mol. The van der Waals surface area contributed by atoms with Crippen LogP contribution in [0.1, 0.15) is 156 Å². The first kappa shape index (κ1) is 36.6. The minimum atomic E-state index is 1.27. The highest BCUT2D eigenvalue weighted by Gasteiger charge is 2.14. The van der Waals surface area contributed by atoms with Crippen LogP contribution in [0.25, 0.3) is 0 Å². The van der Waals surface area contributed by atoms with Crippen molar-refractivity contribution in [1.82, 2.24) is 0 Å². The molecule has 0 aliphatic carbocycles. The molecule has 0 saturated carbocycles. The van der Waals surface area contributed by atoms with E-state index in [1.165, 1.54) is 156 Å². The molecule has 0 fully saturated rings. The van der Waals surface area contributed by atoms with E-state index in [0.29, 0.717) is 0 Å². The lowest BCUT2D eigenvalue weighted by atomic mass is 10.2. The van der Waals surface area contributed by atoms with Gasteiger partial charge >= 0.3 is 0 Å². The van der Waals surface area contributed by atoms with Gasteiger partial charge in [-0.15, -0.1) is 47.0 Å². The Kier molecular flexibility index (Phi) is 26.8. The number of rotatable bonds is 28. The third kappa shape index (κ3) is 19.7. The quantitative estimate of drug-likeness (QED) is 0.0694. The van der Waals surface area contributed by atoms with Crippen molar-refractivity contribution >= 4 is 47.0 Å². The molecule has 1 aromatic carbocycles. The predicted molar refractivity (Wildman–Crippen MR) is 184 cm³/mol. The maximum absolute atomic E-state index is 2.57. The van der Waals surface area contributed by atoms with Gasteiger partial charge in [0.1, 0.15) is 0 Å². The van der Waals surface area contributed by atoms with Gasteiger partial charge in [-0.1, -0.05) is 130 Å². The fourth-order valence-electron chi connectivity index (χ4n) is 4.54. The van der Waals surface area contributed by atoms with E-state index in [1.54, 1.807) is 14.7 Å². The molecule has 0 atom stereocenters. The molecular formula is C34H62S4. The Morgan fingerprint density at radius 1 is 0.368 bits per heavy atom. The van der Waals surface area contributed by atoms with E-state index in [9.17, 15) is 0 Å². The molecule has 0 aromatic heterocycles. The topological polar surface area (TPSA) is 0 Å². The molecular weight excluding hydrogens is 537 g/mol. The van der Waals surface area contributed by atoms with Crippen molar-refractivity contribution in [1.29, 1.82) is 0 Å². The molecule has 0 spiro atoms. The van der Waals surface area contributed by atoms with Crippen molar-refractivity contribution < 1.29 is 0 Å². The molecule has 1 aromatic rings. The van der Waals surface area contributed by atoms with Crippen molar-refractivity contribution in [2.24, 2.45) is 0 Å². The molecule has 0 aliphatic rings. The van der Waals surface area contributed by atoms with Crippen molar-refractivity contribution in [3.63, 3.8) is 0 Å². The summed E-state index contributed by atoms with van der Waals surface area (Å²) in [7, 11) is 0. The molecule has 38 heavy (non-hydrogen) atoms. The van der Waals surface area contributed by atoms with Crippen LogP contribution < -0.4 is 0 Å². The van der Waals surface area contributed by atoms with E-state index < -0.39 is 0 Å². The zero-order valence-electron chi connectivity index (χ0n) is 25.8. The summed E-state index contributed by atoms with van der Waals surface area (Å²) in [6, 6.07) is 5.14. The first-order valence-electron chi connectivity index (χ1n) is 16.5. The average Bonchev–Trinajstić information content (AvgIpc) is 2.93. The number of thioether (sulfide) groups is 4. The first-order valence-corrected chi connectivity index (χ1v) is 20.4. The highest BCUT2D eigenvalue weighted by atomic mass is 32.2. The highest BCUT2D eigenvalue weighted by Crippen LogP contribution is 2.43. The zero-order chi connectivity index (χ0) is 27.5. The number of hydrogen-bond acceptors (Lipinski definition) is 4. The minimum absolute atomic E-state index is 1.27. The molecule has 0 nitrogen and oxygen atoms in total. The van der Waals surface area contributed by atoms with Gasteiger partial charge in [0.15, 0.2) is 0 Å². The van der Waals surface area contributed by atoms with Gasteiger partial charge < -0.3 is 0 Å². The summed E-state index contributed by atoms with van der Waals surface area (Å²) >= 11 is 8.61. The Labute approximate surface area is 256 Å². The van der Waals surface area contributed by atoms with Crippen molar-refractivity contribution in [2.45, 2.75) is 176 Å². The van der Waals surface area contributed by atoms with Crippen LogP contribution in [-0.4, -0.2) is 23.0 Å². The van der Waals surface area contributed by atoms with Gasteiger partial charge in [-0.05, 0) is 60.8 Å². The van der Waals surface area contributed by atoms with Crippen molar-refractivity contribution in [2.75, 3.05) is 23.0 Å². The summed E-state index contributed by atoms with van der Waals surface area (Å²) < 4.78 is 0. The molecule has 0 radical (unpaired) electrons. The second-order valence-electron chi connectivity index (χ2n) is 10.8. The lowest BCUT2D eigenvalue weighted by Gasteiger charge is -2.17. The van der Waals surface area contributed by atoms with Crippen LogP contribution in [0.5, 0.6) is 0 Å². The third-order valence-electron chi connectivity index (χ3n) is 7.02. The van der Waals surface area contributed by atoms with Crippen LogP contribution >= 0.6 is 47.0 Å². The van der Waals surface area contributed by atoms with Gasteiger partial charge in [0.05, 0.1) is 0 Å². The Bertz CT molecular complexity index is 608. The number of hydrogen-bond donors (Lipinski definition) is 0. The Morgan fingerprint density at radius 2 is 0.684 bits per heavy atom. The molecule has 0 aliphatic heterocycles. The fourth-order valence-corrected chi connectivity index (χ4v) is 9.45. The summed E-state index contributed by atoms with van der Waals surface area (Å²) in [6.07, 6.45) is 27.6. The Balaban J connectivity index is 2.89. The lowest BCUT2D eigenvalue weighted by Crippen LogP contribution is -1.93. The van der Waals surface area contributed by atoms with Crippen LogP contribution in [0.4, 0.5) is 0 Å².